The van der Waals surface area contributed by atoms with Crippen molar-refractivity contribution in [2.75, 3.05) is 6.54 Å². The number of Topliss-reactive ketones (excluding diaryl/α,β-unsaturated/α-hetero) is 2. The highest BCUT2D eigenvalue weighted by atomic mass is 32.1. The number of hydrogen-bond donors (Lipinski definition) is 1. The average molecular weight is 385 g/mol. The van der Waals surface area contributed by atoms with Crippen molar-refractivity contribution in [3.63, 3.8) is 0 Å². The first-order valence-electron chi connectivity index (χ1n) is 9.01. The summed E-state index contributed by atoms with van der Waals surface area (Å²) in [6.07, 6.45) is 0.691. The summed E-state index contributed by atoms with van der Waals surface area (Å²) in [5, 5.41) is 6.58. The van der Waals surface area contributed by atoms with E-state index in [0.29, 0.717) is 18.7 Å². The van der Waals surface area contributed by atoms with Crippen molar-refractivity contribution < 1.29 is 14.4 Å². The summed E-state index contributed by atoms with van der Waals surface area (Å²) in [4.78, 5) is 38.3. The van der Waals surface area contributed by atoms with Crippen molar-refractivity contribution in [1.29, 1.82) is 0 Å². The van der Waals surface area contributed by atoms with Crippen LogP contribution in [-0.4, -0.2) is 33.6 Å². The highest BCUT2D eigenvalue weighted by molar-refractivity contribution is 7.05. The Hall–Kier alpha value is -2.41. The zero-order valence-corrected chi connectivity index (χ0v) is 16.8. The molecule has 1 aromatic carbocycles. The third-order valence-corrected chi connectivity index (χ3v) is 5.76. The van der Waals surface area contributed by atoms with Crippen molar-refractivity contribution in [1.82, 2.24) is 14.9 Å². The van der Waals surface area contributed by atoms with Crippen LogP contribution in [-0.2, 0) is 9.59 Å². The minimum Gasteiger partial charge on any atom is -0.351 e. The second-order valence-electron chi connectivity index (χ2n) is 7.24. The summed E-state index contributed by atoms with van der Waals surface area (Å²) in [7, 11) is 0. The molecule has 0 bridgehead atoms. The van der Waals surface area contributed by atoms with Crippen LogP contribution in [0.15, 0.2) is 12.1 Å². The molecule has 3 rings (SSSR count). The maximum atomic E-state index is 12.9. The van der Waals surface area contributed by atoms with E-state index in [0.717, 1.165) is 27.1 Å². The number of rotatable bonds is 5. The first-order valence-corrected chi connectivity index (χ1v) is 9.78. The Morgan fingerprint density at radius 2 is 1.85 bits per heavy atom. The third-order valence-electron chi connectivity index (χ3n) is 5.13. The zero-order chi connectivity index (χ0) is 19.7. The largest absolute Gasteiger partial charge is 0.351 e. The van der Waals surface area contributed by atoms with Crippen LogP contribution < -0.4 is 5.32 Å². The van der Waals surface area contributed by atoms with Gasteiger partial charge >= 0.3 is 0 Å². The van der Waals surface area contributed by atoms with E-state index >= 15 is 0 Å². The summed E-state index contributed by atoms with van der Waals surface area (Å²) >= 11 is 1.17. The fraction of sp³-hybridized carbons (Fsp3) is 0.450. The van der Waals surface area contributed by atoms with Crippen LogP contribution in [0.3, 0.4) is 0 Å². The van der Waals surface area contributed by atoms with E-state index in [9.17, 15) is 14.4 Å². The molecule has 1 N–H and O–H groups in total. The van der Waals surface area contributed by atoms with E-state index in [1.807, 2.05) is 32.9 Å². The van der Waals surface area contributed by atoms with Gasteiger partial charge in [0.2, 0.25) is 0 Å². The number of ketones is 2. The molecule has 0 saturated heterocycles. The SMILES string of the molecule is Cc1cc(C)c(C2C(=O)CC(CCNC(=O)c3nnsc3C)C2=O)c(C)c1. The summed E-state index contributed by atoms with van der Waals surface area (Å²) < 4.78 is 3.75. The Morgan fingerprint density at radius 3 is 2.44 bits per heavy atom. The second-order valence-corrected chi connectivity index (χ2v) is 8.20. The summed E-state index contributed by atoms with van der Waals surface area (Å²) in [5.74, 6) is -1.37. The molecule has 1 fully saturated rings. The maximum Gasteiger partial charge on any atom is 0.273 e. The van der Waals surface area contributed by atoms with E-state index in [-0.39, 0.29) is 29.8 Å². The normalized spacial score (nSPS) is 19.6. The van der Waals surface area contributed by atoms with Gasteiger partial charge in [-0.1, -0.05) is 22.2 Å². The van der Waals surface area contributed by atoms with Crippen molar-refractivity contribution in [3.05, 3.63) is 45.0 Å². The highest BCUT2D eigenvalue weighted by Crippen LogP contribution is 2.37. The Balaban J connectivity index is 1.66. The molecule has 1 saturated carbocycles. The number of nitrogens with zero attached hydrogens (tertiary/aromatic N) is 2. The van der Waals surface area contributed by atoms with Crippen LogP contribution in [0.1, 0.15) is 56.4 Å². The van der Waals surface area contributed by atoms with Gasteiger partial charge in [0.15, 0.2) is 11.5 Å². The number of benzene rings is 1. The van der Waals surface area contributed by atoms with Crippen molar-refractivity contribution >= 4 is 29.0 Å². The summed E-state index contributed by atoms with van der Waals surface area (Å²) in [6, 6.07) is 4.03. The highest BCUT2D eigenvalue weighted by Gasteiger charge is 2.42. The Morgan fingerprint density at radius 1 is 1.19 bits per heavy atom. The van der Waals surface area contributed by atoms with E-state index < -0.39 is 5.92 Å². The van der Waals surface area contributed by atoms with E-state index in [4.69, 9.17) is 0 Å². The first kappa shape index (κ1) is 19.4. The lowest BCUT2D eigenvalue weighted by Crippen LogP contribution is -2.28. The predicted molar refractivity (Wildman–Crippen MR) is 103 cm³/mol. The number of hydrogen-bond acceptors (Lipinski definition) is 6. The molecule has 6 nitrogen and oxygen atoms in total. The molecule has 1 aliphatic rings. The summed E-state index contributed by atoms with van der Waals surface area (Å²) in [5.41, 5.74) is 4.26. The van der Waals surface area contributed by atoms with Gasteiger partial charge in [0, 0.05) is 18.9 Å². The number of aryl methyl sites for hydroxylation is 4. The lowest BCUT2D eigenvalue weighted by molar-refractivity contribution is -0.124. The van der Waals surface area contributed by atoms with Gasteiger partial charge in [-0.25, -0.2) is 0 Å². The molecular formula is C20H23N3O3S. The first-order chi connectivity index (χ1) is 12.8. The average Bonchev–Trinajstić information content (AvgIpc) is 3.12. The fourth-order valence-corrected chi connectivity index (χ4v) is 4.40. The molecule has 1 aromatic heterocycles. The molecular weight excluding hydrogens is 362 g/mol. The van der Waals surface area contributed by atoms with Crippen LogP contribution in [0.4, 0.5) is 0 Å². The Kier molecular flexibility index (Phi) is 5.51. The Bertz CT molecular complexity index is 896. The maximum absolute atomic E-state index is 12.9. The van der Waals surface area contributed by atoms with Crippen molar-refractivity contribution in [2.24, 2.45) is 5.92 Å². The molecule has 142 valence electrons. The number of nitrogens with one attached hydrogen (secondary N) is 1. The van der Waals surface area contributed by atoms with Crippen molar-refractivity contribution in [2.45, 2.75) is 46.5 Å². The number of aromatic nitrogens is 2. The van der Waals surface area contributed by atoms with Gasteiger partial charge in [-0.3, -0.25) is 14.4 Å². The molecule has 7 heteroatoms. The van der Waals surface area contributed by atoms with Gasteiger partial charge in [-0.05, 0) is 62.3 Å². The van der Waals surface area contributed by atoms with Gasteiger partial charge < -0.3 is 5.32 Å². The third kappa shape index (κ3) is 3.83. The smallest absolute Gasteiger partial charge is 0.273 e. The molecule has 2 atom stereocenters. The molecule has 2 aromatic rings. The van der Waals surface area contributed by atoms with Crippen LogP contribution in [0.25, 0.3) is 0 Å². The molecule has 27 heavy (non-hydrogen) atoms. The lowest BCUT2D eigenvalue weighted by Gasteiger charge is -2.16. The van der Waals surface area contributed by atoms with E-state index in [1.54, 1.807) is 6.92 Å². The fourth-order valence-electron chi connectivity index (χ4n) is 3.93. The molecule has 0 aliphatic heterocycles. The van der Waals surface area contributed by atoms with Crippen LogP contribution in [0.2, 0.25) is 0 Å². The van der Waals surface area contributed by atoms with E-state index in [1.165, 1.54) is 11.5 Å². The lowest BCUT2D eigenvalue weighted by atomic mass is 9.86. The molecule has 1 amide bonds. The van der Waals surface area contributed by atoms with Gasteiger partial charge in [0.05, 0.1) is 4.88 Å². The van der Waals surface area contributed by atoms with Gasteiger partial charge in [-0.2, -0.15) is 0 Å². The monoisotopic (exact) mass is 385 g/mol. The minimum absolute atomic E-state index is 0.0223. The standard InChI is InChI=1S/C20H23N3O3S/c1-10-7-11(2)16(12(3)8-10)17-15(24)9-14(19(17)25)5-6-21-20(26)18-13(4)27-23-22-18/h7-8,14,17H,5-6,9H2,1-4H3,(H,21,26). The number of carbonyl (C=O) groups is 3. The molecule has 0 spiro atoms. The molecule has 1 heterocycles. The zero-order valence-electron chi connectivity index (χ0n) is 16.0. The number of amides is 1. The second kappa shape index (κ2) is 7.68. The van der Waals surface area contributed by atoms with Crippen LogP contribution in [0.5, 0.6) is 0 Å². The molecule has 1 aliphatic carbocycles. The Labute approximate surface area is 162 Å². The topological polar surface area (TPSA) is 89.0 Å². The van der Waals surface area contributed by atoms with Crippen LogP contribution >= 0.6 is 11.5 Å². The van der Waals surface area contributed by atoms with Gasteiger partial charge in [0.25, 0.3) is 5.91 Å². The predicted octanol–water partition coefficient (Wildman–Crippen LogP) is 2.83. The van der Waals surface area contributed by atoms with E-state index in [2.05, 4.69) is 14.9 Å². The van der Waals surface area contributed by atoms with Crippen LogP contribution in [0, 0.1) is 33.6 Å². The number of carbonyl (C=O) groups excluding carboxylic acids is 3. The van der Waals surface area contributed by atoms with Gasteiger partial charge in [0.1, 0.15) is 11.7 Å². The minimum atomic E-state index is -0.670. The van der Waals surface area contributed by atoms with Crippen molar-refractivity contribution in [3.8, 4) is 0 Å². The summed E-state index contributed by atoms with van der Waals surface area (Å²) in [6.45, 7) is 8.03. The quantitative estimate of drug-likeness (QED) is 0.800. The molecule has 0 radical (unpaired) electrons. The van der Waals surface area contributed by atoms with Gasteiger partial charge in [-0.15, -0.1) is 5.10 Å². The molecule has 2 unspecified atom stereocenters.